The molecule has 1 aromatic carbocycles. The first-order valence-electron chi connectivity index (χ1n) is 6.75. The van der Waals surface area contributed by atoms with Crippen molar-refractivity contribution in [3.8, 4) is 6.01 Å². The Morgan fingerprint density at radius 3 is 2.43 bits per heavy atom. The molecule has 0 bridgehead atoms. The van der Waals surface area contributed by atoms with Crippen LogP contribution < -0.4 is 9.46 Å². The Kier molecular flexibility index (Phi) is 4.95. The van der Waals surface area contributed by atoms with Crippen LogP contribution in [0.2, 0.25) is 0 Å². The molecule has 126 valence electrons. The minimum absolute atomic E-state index is 0.214. The van der Waals surface area contributed by atoms with Gasteiger partial charge in [0.05, 0.1) is 13.2 Å². The van der Waals surface area contributed by atoms with Crippen LogP contribution in [0.4, 0.5) is 8.78 Å². The molecule has 0 aliphatic carbocycles. The lowest BCUT2D eigenvalue weighted by molar-refractivity contribution is 0.354. The molecule has 2 aromatic rings. The largest absolute Gasteiger partial charge is 0.467 e. The van der Waals surface area contributed by atoms with Crippen LogP contribution in [0.1, 0.15) is 25.7 Å². The predicted molar refractivity (Wildman–Crippen MR) is 77.3 cm³/mol. The molecule has 1 aromatic heterocycles. The number of sulfonamides is 1. The van der Waals surface area contributed by atoms with Gasteiger partial charge in [-0.1, -0.05) is 11.2 Å². The quantitative estimate of drug-likeness (QED) is 0.859. The second-order valence-corrected chi connectivity index (χ2v) is 6.33. The third-order valence-corrected chi connectivity index (χ3v) is 4.74. The molecular formula is C13H16F2N4O3S. The predicted octanol–water partition coefficient (Wildman–Crippen LogP) is 1.62. The fraction of sp³-hybridized carbons (Fsp3) is 0.385. The number of halogens is 2. The second-order valence-electron chi connectivity index (χ2n) is 4.68. The van der Waals surface area contributed by atoms with Crippen LogP contribution in [-0.4, -0.2) is 30.3 Å². The summed E-state index contributed by atoms with van der Waals surface area (Å²) in [5.74, 6) is -2.07. The van der Waals surface area contributed by atoms with Crippen LogP contribution in [0.3, 0.4) is 0 Å². The van der Waals surface area contributed by atoms with Gasteiger partial charge < -0.3 is 4.74 Å². The average Bonchev–Trinajstić information content (AvgIpc) is 2.89. The zero-order valence-electron chi connectivity index (χ0n) is 12.7. The van der Waals surface area contributed by atoms with Gasteiger partial charge in [-0.25, -0.2) is 21.9 Å². The van der Waals surface area contributed by atoms with Gasteiger partial charge in [0, 0.05) is 6.54 Å². The van der Waals surface area contributed by atoms with E-state index < -0.39 is 32.6 Å². The smallest absolute Gasteiger partial charge is 0.316 e. The van der Waals surface area contributed by atoms with Gasteiger partial charge in [0.1, 0.15) is 11.6 Å². The fourth-order valence-corrected chi connectivity index (χ4v) is 3.49. The molecule has 0 aliphatic heterocycles. The van der Waals surface area contributed by atoms with Gasteiger partial charge >= 0.3 is 6.01 Å². The van der Waals surface area contributed by atoms with E-state index in [2.05, 4.69) is 14.9 Å². The van der Waals surface area contributed by atoms with Crippen molar-refractivity contribution in [1.29, 1.82) is 0 Å². The van der Waals surface area contributed by atoms with Crippen molar-refractivity contribution < 1.29 is 21.9 Å². The van der Waals surface area contributed by atoms with Crippen LogP contribution in [-0.2, 0) is 16.6 Å². The van der Waals surface area contributed by atoms with Crippen molar-refractivity contribution in [2.75, 3.05) is 7.11 Å². The number of nitrogens with one attached hydrogen (secondary N) is 1. The molecule has 0 radical (unpaired) electrons. The molecule has 1 heterocycles. The molecule has 0 aliphatic rings. The third-order valence-electron chi connectivity index (χ3n) is 3.15. The highest BCUT2D eigenvalue weighted by atomic mass is 32.2. The standard InChI is InChI=1S/C13H16F2N4O3S/c1-4-19-12(16-17-13(19)22-3)8(2)18-23(20,21)11-9(14)6-5-7-10(11)15/h5-8,18H,4H2,1-3H3/t8-/m1/s1. The molecule has 2 rings (SSSR count). The van der Waals surface area contributed by atoms with E-state index in [-0.39, 0.29) is 11.8 Å². The average molecular weight is 346 g/mol. The first-order chi connectivity index (χ1) is 10.8. The van der Waals surface area contributed by atoms with E-state index in [1.807, 2.05) is 0 Å². The lowest BCUT2D eigenvalue weighted by Gasteiger charge is -2.15. The molecule has 0 saturated heterocycles. The number of hydrogen-bond acceptors (Lipinski definition) is 5. The van der Waals surface area contributed by atoms with Gasteiger partial charge in [0.2, 0.25) is 10.0 Å². The van der Waals surface area contributed by atoms with E-state index in [0.717, 1.165) is 18.2 Å². The maximum Gasteiger partial charge on any atom is 0.316 e. The summed E-state index contributed by atoms with van der Waals surface area (Å²) in [5.41, 5.74) is 0. The number of hydrogen-bond donors (Lipinski definition) is 1. The summed E-state index contributed by atoms with van der Waals surface area (Å²) in [5, 5.41) is 7.63. The van der Waals surface area contributed by atoms with E-state index in [9.17, 15) is 17.2 Å². The lowest BCUT2D eigenvalue weighted by atomic mass is 10.3. The molecular weight excluding hydrogens is 330 g/mol. The van der Waals surface area contributed by atoms with Crippen LogP contribution in [0, 0.1) is 11.6 Å². The maximum absolute atomic E-state index is 13.7. The summed E-state index contributed by atoms with van der Waals surface area (Å²) in [6.45, 7) is 3.73. The van der Waals surface area contributed by atoms with E-state index >= 15 is 0 Å². The molecule has 0 spiro atoms. The third kappa shape index (κ3) is 3.32. The fourth-order valence-electron chi connectivity index (χ4n) is 2.15. The van der Waals surface area contributed by atoms with Crippen molar-refractivity contribution in [3.63, 3.8) is 0 Å². The van der Waals surface area contributed by atoms with Gasteiger partial charge in [-0.3, -0.25) is 4.57 Å². The first-order valence-corrected chi connectivity index (χ1v) is 8.23. The SMILES string of the molecule is CCn1c(OC)nnc1[C@@H](C)NS(=O)(=O)c1c(F)cccc1F. The van der Waals surface area contributed by atoms with Gasteiger partial charge in [0.15, 0.2) is 10.7 Å². The maximum atomic E-state index is 13.7. The number of nitrogens with zero attached hydrogens (tertiary/aromatic N) is 3. The Morgan fingerprint density at radius 2 is 1.91 bits per heavy atom. The summed E-state index contributed by atoms with van der Waals surface area (Å²) in [4.78, 5) is -1.03. The Bertz CT molecular complexity index is 787. The van der Waals surface area contributed by atoms with E-state index in [4.69, 9.17) is 4.74 Å². The number of methoxy groups -OCH3 is 1. The number of ether oxygens (including phenoxy) is 1. The number of rotatable bonds is 6. The number of benzene rings is 1. The molecule has 0 fully saturated rings. The van der Waals surface area contributed by atoms with Crippen molar-refractivity contribution in [2.45, 2.75) is 31.3 Å². The summed E-state index contributed by atoms with van der Waals surface area (Å²) < 4.78 is 60.6. The van der Waals surface area contributed by atoms with Gasteiger partial charge in [-0.05, 0) is 26.0 Å². The normalized spacial score (nSPS) is 13.1. The van der Waals surface area contributed by atoms with Crippen molar-refractivity contribution in [1.82, 2.24) is 19.5 Å². The van der Waals surface area contributed by atoms with Gasteiger partial charge in [-0.2, -0.15) is 0 Å². The van der Waals surface area contributed by atoms with Crippen LogP contribution in [0.5, 0.6) is 6.01 Å². The minimum Gasteiger partial charge on any atom is -0.467 e. The number of aromatic nitrogens is 3. The monoisotopic (exact) mass is 346 g/mol. The molecule has 7 nitrogen and oxygen atoms in total. The van der Waals surface area contributed by atoms with Crippen LogP contribution in [0.15, 0.2) is 23.1 Å². The zero-order chi connectivity index (χ0) is 17.2. The van der Waals surface area contributed by atoms with Crippen molar-refractivity contribution in [3.05, 3.63) is 35.7 Å². The summed E-state index contributed by atoms with van der Waals surface area (Å²) >= 11 is 0. The van der Waals surface area contributed by atoms with Crippen LogP contribution >= 0.6 is 0 Å². The Labute approximate surface area is 132 Å². The lowest BCUT2D eigenvalue weighted by Crippen LogP contribution is -2.30. The highest BCUT2D eigenvalue weighted by Gasteiger charge is 2.28. The van der Waals surface area contributed by atoms with Crippen molar-refractivity contribution in [2.24, 2.45) is 0 Å². The van der Waals surface area contributed by atoms with E-state index in [1.165, 1.54) is 14.0 Å². The highest BCUT2D eigenvalue weighted by Crippen LogP contribution is 2.22. The minimum atomic E-state index is -4.41. The summed E-state index contributed by atoms with van der Waals surface area (Å²) in [6.07, 6.45) is 0. The molecule has 10 heteroatoms. The molecule has 0 unspecified atom stereocenters. The first kappa shape index (κ1) is 17.3. The topological polar surface area (TPSA) is 86.1 Å². The second kappa shape index (κ2) is 6.59. The van der Waals surface area contributed by atoms with Crippen molar-refractivity contribution >= 4 is 10.0 Å². The molecule has 1 atom stereocenters. The highest BCUT2D eigenvalue weighted by molar-refractivity contribution is 7.89. The Morgan fingerprint density at radius 1 is 1.30 bits per heavy atom. The van der Waals surface area contributed by atoms with E-state index in [1.54, 1.807) is 11.5 Å². The van der Waals surface area contributed by atoms with E-state index in [0.29, 0.717) is 6.54 Å². The summed E-state index contributed by atoms with van der Waals surface area (Å²) in [6, 6.07) is 2.19. The zero-order valence-corrected chi connectivity index (χ0v) is 13.6. The Balaban J connectivity index is 2.36. The Hall–Kier alpha value is -2.07. The van der Waals surface area contributed by atoms with Crippen LogP contribution in [0.25, 0.3) is 0 Å². The summed E-state index contributed by atoms with van der Waals surface area (Å²) in [7, 11) is -3.01. The molecule has 0 amide bonds. The van der Waals surface area contributed by atoms with Gasteiger partial charge in [-0.15, -0.1) is 5.10 Å². The molecule has 1 N–H and O–H groups in total. The molecule has 23 heavy (non-hydrogen) atoms. The molecule has 0 saturated carbocycles. The van der Waals surface area contributed by atoms with Gasteiger partial charge in [0.25, 0.3) is 0 Å².